The van der Waals surface area contributed by atoms with Crippen LogP contribution < -0.4 is 5.32 Å². The number of hydrogen-bond acceptors (Lipinski definition) is 3. The molecule has 0 rings (SSSR count). The van der Waals surface area contributed by atoms with E-state index >= 15 is 0 Å². The summed E-state index contributed by atoms with van der Waals surface area (Å²) in [6, 6.07) is 0. The summed E-state index contributed by atoms with van der Waals surface area (Å²) in [5.41, 5.74) is -0.569. The van der Waals surface area contributed by atoms with Crippen molar-refractivity contribution in [3.05, 3.63) is 0 Å². The Morgan fingerprint density at radius 3 is 2.12 bits per heavy atom. The largest absolute Gasteiger partial charge is 0.481 e. The fourth-order valence-electron chi connectivity index (χ4n) is 1.12. The van der Waals surface area contributed by atoms with E-state index < -0.39 is 23.6 Å². The molecule has 0 unspecified atom stereocenters. The number of hydrogen-bond donors (Lipinski definition) is 2. The lowest BCUT2D eigenvalue weighted by molar-refractivity contribution is -0.142. The van der Waals surface area contributed by atoms with Gasteiger partial charge in [0.2, 0.25) is 0 Å². The normalized spacial score (nSPS) is 13.4. The van der Waals surface area contributed by atoms with Crippen LogP contribution in [0.5, 0.6) is 0 Å². The summed E-state index contributed by atoms with van der Waals surface area (Å²) in [6.07, 6.45) is -0.584. The topological polar surface area (TPSA) is 75.6 Å². The minimum Gasteiger partial charge on any atom is -0.481 e. The fraction of sp³-hybridized carbons (Fsp3) is 0.818. The number of nitrogens with one attached hydrogen (secondary N) is 1. The van der Waals surface area contributed by atoms with Crippen molar-refractivity contribution in [2.45, 2.75) is 40.2 Å². The van der Waals surface area contributed by atoms with E-state index in [4.69, 9.17) is 9.84 Å². The number of alkyl carbamates (subject to hydrolysis) is 1. The molecule has 5 nitrogen and oxygen atoms in total. The Kier molecular flexibility index (Phi) is 5.27. The van der Waals surface area contributed by atoms with Crippen LogP contribution >= 0.6 is 0 Å². The van der Waals surface area contributed by atoms with Gasteiger partial charge in [-0.25, -0.2) is 4.79 Å². The van der Waals surface area contributed by atoms with E-state index in [1.54, 1.807) is 34.6 Å². The molecule has 5 heteroatoms. The second-order valence-corrected chi connectivity index (χ2v) is 5.07. The van der Waals surface area contributed by atoms with Gasteiger partial charge in [0.1, 0.15) is 5.60 Å². The number of ether oxygens (including phenoxy) is 1. The third-order valence-corrected chi connectivity index (χ3v) is 1.99. The van der Waals surface area contributed by atoms with Gasteiger partial charge < -0.3 is 15.2 Å². The maximum atomic E-state index is 11.3. The second kappa shape index (κ2) is 5.72. The van der Waals surface area contributed by atoms with Crippen LogP contribution in [0.2, 0.25) is 0 Å². The lowest BCUT2D eigenvalue weighted by Gasteiger charge is -2.21. The average molecular weight is 231 g/mol. The SMILES string of the molecule is CC(C)[C@H](CNC(=O)OC(C)(C)C)C(=O)O. The molecule has 0 aromatic carbocycles. The molecule has 0 fully saturated rings. The first-order chi connectivity index (χ1) is 7.13. The highest BCUT2D eigenvalue weighted by Crippen LogP contribution is 2.11. The van der Waals surface area contributed by atoms with Crippen LogP contribution in [-0.2, 0) is 9.53 Å². The summed E-state index contributed by atoms with van der Waals surface area (Å²) < 4.78 is 5.00. The molecule has 0 saturated carbocycles. The Hall–Kier alpha value is -1.26. The molecule has 2 N–H and O–H groups in total. The predicted octanol–water partition coefficient (Wildman–Crippen LogP) is 1.87. The zero-order valence-electron chi connectivity index (χ0n) is 10.5. The average Bonchev–Trinajstić information content (AvgIpc) is 1.98. The molecule has 0 aromatic rings. The summed E-state index contributed by atoms with van der Waals surface area (Å²) in [5, 5.41) is 11.4. The van der Waals surface area contributed by atoms with Gasteiger partial charge in [-0.2, -0.15) is 0 Å². The van der Waals surface area contributed by atoms with Crippen LogP contribution in [0.1, 0.15) is 34.6 Å². The van der Waals surface area contributed by atoms with E-state index in [1.807, 2.05) is 0 Å². The van der Waals surface area contributed by atoms with Gasteiger partial charge in [-0.15, -0.1) is 0 Å². The van der Waals surface area contributed by atoms with E-state index in [9.17, 15) is 9.59 Å². The summed E-state index contributed by atoms with van der Waals surface area (Å²) in [7, 11) is 0. The highest BCUT2D eigenvalue weighted by molar-refractivity contribution is 5.72. The maximum Gasteiger partial charge on any atom is 0.407 e. The predicted molar refractivity (Wildman–Crippen MR) is 60.2 cm³/mol. The van der Waals surface area contributed by atoms with E-state index in [2.05, 4.69) is 5.32 Å². The molecule has 16 heavy (non-hydrogen) atoms. The van der Waals surface area contributed by atoms with Crippen LogP contribution in [0.25, 0.3) is 0 Å². The van der Waals surface area contributed by atoms with Crippen molar-refractivity contribution in [3.8, 4) is 0 Å². The monoisotopic (exact) mass is 231 g/mol. The van der Waals surface area contributed by atoms with Gasteiger partial charge in [0.05, 0.1) is 5.92 Å². The van der Waals surface area contributed by atoms with E-state index in [0.717, 1.165) is 0 Å². The molecule has 0 radical (unpaired) electrons. The molecule has 0 aliphatic rings. The van der Waals surface area contributed by atoms with Gasteiger partial charge in [0, 0.05) is 6.54 Å². The number of carboxylic acids is 1. The maximum absolute atomic E-state index is 11.3. The third kappa shape index (κ3) is 6.27. The van der Waals surface area contributed by atoms with Crippen molar-refractivity contribution in [1.82, 2.24) is 5.32 Å². The number of aliphatic carboxylic acids is 1. The van der Waals surface area contributed by atoms with Crippen LogP contribution in [0.4, 0.5) is 4.79 Å². The Morgan fingerprint density at radius 2 is 1.81 bits per heavy atom. The van der Waals surface area contributed by atoms with Gasteiger partial charge >= 0.3 is 12.1 Å². The molecule has 1 amide bonds. The Bertz CT molecular complexity index is 255. The molecule has 0 aliphatic heterocycles. The molecular weight excluding hydrogens is 210 g/mol. The summed E-state index contributed by atoms with van der Waals surface area (Å²) in [5.74, 6) is -1.54. The van der Waals surface area contributed by atoms with Crippen LogP contribution in [-0.4, -0.2) is 29.3 Å². The lowest BCUT2D eigenvalue weighted by atomic mass is 9.96. The summed E-state index contributed by atoms with van der Waals surface area (Å²) in [4.78, 5) is 22.1. The Balaban J connectivity index is 4.12. The van der Waals surface area contributed by atoms with Crippen molar-refractivity contribution in [2.75, 3.05) is 6.54 Å². The highest BCUT2D eigenvalue weighted by atomic mass is 16.6. The molecule has 0 heterocycles. The number of rotatable bonds is 4. The van der Waals surface area contributed by atoms with Crippen LogP contribution in [0.15, 0.2) is 0 Å². The first-order valence-electron chi connectivity index (χ1n) is 5.33. The van der Waals surface area contributed by atoms with Crippen LogP contribution in [0, 0.1) is 11.8 Å². The summed E-state index contributed by atoms with van der Waals surface area (Å²) in [6.45, 7) is 8.95. The molecular formula is C11H21NO4. The standard InChI is InChI=1S/C11H21NO4/c1-7(2)8(9(13)14)6-12-10(15)16-11(3,4)5/h7-8H,6H2,1-5H3,(H,12,15)(H,13,14)/t8-/m0/s1. The minimum absolute atomic E-state index is 0.0348. The van der Waals surface area contributed by atoms with Crippen molar-refractivity contribution >= 4 is 12.1 Å². The number of carboxylic acid groups (broad SMARTS) is 1. The Morgan fingerprint density at radius 1 is 1.31 bits per heavy atom. The quantitative estimate of drug-likeness (QED) is 0.774. The van der Waals surface area contributed by atoms with Gasteiger partial charge in [0.15, 0.2) is 0 Å². The third-order valence-electron chi connectivity index (χ3n) is 1.99. The summed E-state index contributed by atoms with van der Waals surface area (Å²) >= 11 is 0. The van der Waals surface area contributed by atoms with Crippen molar-refractivity contribution < 1.29 is 19.4 Å². The first kappa shape index (κ1) is 14.7. The molecule has 0 aromatic heterocycles. The fourth-order valence-corrected chi connectivity index (χ4v) is 1.12. The van der Waals surface area contributed by atoms with Gasteiger partial charge in [0.25, 0.3) is 0 Å². The molecule has 94 valence electrons. The molecule has 0 aliphatic carbocycles. The van der Waals surface area contributed by atoms with E-state index in [0.29, 0.717) is 0 Å². The Labute approximate surface area is 96.2 Å². The van der Waals surface area contributed by atoms with Crippen molar-refractivity contribution in [1.29, 1.82) is 0 Å². The zero-order chi connectivity index (χ0) is 12.9. The molecule has 0 saturated heterocycles. The van der Waals surface area contributed by atoms with Crippen molar-refractivity contribution in [3.63, 3.8) is 0 Å². The minimum atomic E-state index is -0.911. The van der Waals surface area contributed by atoms with Gasteiger partial charge in [-0.3, -0.25) is 4.79 Å². The first-order valence-corrected chi connectivity index (χ1v) is 5.33. The molecule has 0 spiro atoms. The lowest BCUT2D eigenvalue weighted by Crippen LogP contribution is -2.38. The second-order valence-electron chi connectivity index (χ2n) is 5.07. The smallest absolute Gasteiger partial charge is 0.407 e. The van der Waals surface area contributed by atoms with E-state index in [1.165, 1.54) is 0 Å². The van der Waals surface area contributed by atoms with E-state index in [-0.39, 0.29) is 12.5 Å². The van der Waals surface area contributed by atoms with Gasteiger partial charge in [-0.05, 0) is 26.7 Å². The number of carbonyl (C=O) groups excluding carboxylic acids is 1. The molecule has 0 bridgehead atoms. The number of carbonyl (C=O) groups is 2. The zero-order valence-corrected chi connectivity index (χ0v) is 10.5. The van der Waals surface area contributed by atoms with Crippen molar-refractivity contribution in [2.24, 2.45) is 11.8 Å². The van der Waals surface area contributed by atoms with Crippen LogP contribution in [0.3, 0.4) is 0 Å². The number of amides is 1. The molecule has 1 atom stereocenters. The van der Waals surface area contributed by atoms with Gasteiger partial charge in [-0.1, -0.05) is 13.8 Å². The highest BCUT2D eigenvalue weighted by Gasteiger charge is 2.23.